The zero-order valence-electron chi connectivity index (χ0n) is 9.65. The number of hydrogen-bond acceptors (Lipinski definition) is 3. The van der Waals surface area contributed by atoms with Crippen LogP contribution in [0.25, 0.3) is 0 Å². The van der Waals surface area contributed by atoms with Gasteiger partial charge in [0.15, 0.2) is 0 Å². The first-order chi connectivity index (χ1) is 7.47. The Balaban J connectivity index is 3.40. The molecule has 0 spiro atoms. The molecule has 16 heavy (non-hydrogen) atoms. The quantitative estimate of drug-likeness (QED) is 0.578. The van der Waals surface area contributed by atoms with Crippen molar-refractivity contribution in [2.24, 2.45) is 0 Å². The Labute approximate surface area is 94.7 Å². The second-order valence-corrected chi connectivity index (χ2v) is 4.07. The van der Waals surface area contributed by atoms with Crippen molar-refractivity contribution in [3.8, 4) is 6.07 Å². The topological polar surface area (TPSA) is 66.9 Å². The molecule has 0 aromatic heterocycles. The van der Waals surface area contributed by atoms with Gasteiger partial charge in [-0.2, -0.15) is 5.26 Å². The van der Waals surface area contributed by atoms with E-state index in [9.17, 15) is 10.1 Å². The van der Waals surface area contributed by atoms with Gasteiger partial charge in [-0.05, 0) is 29.5 Å². The van der Waals surface area contributed by atoms with Gasteiger partial charge in [-0.3, -0.25) is 10.1 Å². The molecule has 0 N–H and O–H groups in total. The van der Waals surface area contributed by atoms with E-state index >= 15 is 0 Å². The Kier molecular flexibility index (Phi) is 3.62. The number of nitrogens with zero attached hydrogens (tertiary/aromatic N) is 2. The standard InChI is InChI=1S/C12H14N2O2/c1-8(2)12-7-11(14(15)16)6-10(4-5-13)9(12)3/h6-8H,4H2,1-3H3. The van der Waals surface area contributed by atoms with Crippen LogP contribution in [-0.4, -0.2) is 4.92 Å². The molecule has 0 amide bonds. The van der Waals surface area contributed by atoms with Gasteiger partial charge in [0.1, 0.15) is 0 Å². The molecule has 1 aromatic rings. The maximum Gasteiger partial charge on any atom is 0.270 e. The summed E-state index contributed by atoms with van der Waals surface area (Å²) < 4.78 is 0. The van der Waals surface area contributed by atoms with Crippen LogP contribution in [0.4, 0.5) is 5.69 Å². The van der Waals surface area contributed by atoms with E-state index in [0.717, 1.165) is 16.7 Å². The molecule has 0 aliphatic carbocycles. The van der Waals surface area contributed by atoms with E-state index in [1.807, 2.05) is 26.8 Å². The van der Waals surface area contributed by atoms with Crippen LogP contribution in [0.1, 0.15) is 36.5 Å². The minimum Gasteiger partial charge on any atom is -0.258 e. The summed E-state index contributed by atoms with van der Waals surface area (Å²) in [7, 11) is 0. The van der Waals surface area contributed by atoms with Gasteiger partial charge in [0.05, 0.1) is 17.4 Å². The van der Waals surface area contributed by atoms with E-state index in [1.165, 1.54) is 6.07 Å². The predicted molar refractivity (Wildman–Crippen MR) is 61.2 cm³/mol. The highest BCUT2D eigenvalue weighted by Gasteiger charge is 2.15. The summed E-state index contributed by atoms with van der Waals surface area (Å²) in [5.41, 5.74) is 2.75. The summed E-state index contributed by atoms with van der Waals surface area (Å²) in [4.78, 5) is 10.4. The number of hydrogen-bond donors (Lipinski definition) is 0. The van der Waals surface area contributed by atoms with Crippen molar-refractivity contribution in [2.75, 3.05) is 0 Å². The predicted octanol–water partition coefficient (Wildman–Crippen LogP) is 3.09. The second-order valence-electron chi connectivity index (χ2n) is 4.07. The van der Waals surface area contributed by atoms with Gasteiger partial charge in [-0.25, -0.2) is 0 Å². The molecule has 0 bridgehead atoms. The highest BCUT2D eigenvalue weighted by atomic mass is 16.6. The van der Waals surface area contributed by atoms with E-state index in [1.54, 1.807) is 6.07 Å². The Morgan fingerprint density at radius 1 is 1.50 bits per heavy atom. The number of nitro groups is 1. The highest BCUT2D eigenvalue weighted by Crippen LogP contribution is 2.27. The molecule has 0 radical (unpaired) electrons. The van der Waals surface area contributed by atoms with Gasteiger partial charge in [-0.1, -0.05) is 13.8 Å². The molecule has 1 aromatic carbocycles. The number of rotatable bonds is 3. The van der Waals surface area contributed by atoms with Crippen LogP contribution in [0.3, 0.4) is 0 Å². The highest BCUT2D eigenvalue weighted by molar-refractivity contribution is 5.47. The molecule has 0 unspecified atom stereocenters. The first kappa shape index (κ1) is 12.2. The fourth-order valence-electron chi connectivity index (χ4n) is 1.76. The average Bonchev–Trinajstić information content (AvgIpc) is 2.20. The van der Waals surface area contributed by atoms with E-state index in [4.69, 9.17) is 5.26 Å². The van der Waals surface area contributed by atoms with Crippen molar-refractivity contribution in [1.82, 2.24) is 0 Å². The summed E-state index contributed by atoms with van der Waals surface area (Å²) in [5.74, 6) is 0.220. The van der Waals surface area contributed by atoms with Crippen LogP contribution in [0.15, 0.2) is 12.1 Å². The third kappa shape index (κ3) is 2.37. The maximum absolute atomic E-state index is 10.8. The minimum absolute atomic E-state index is 0.0690. The molecular weight excluding hydrogens is 204 g/mol. The molecule has 0 heterocycles. The van der Waals surface area contributed by atoms with Crippen molar-refractivity contribution in [1.29, 1.82) is 5.26 Å². The van der Waals surface area contributed by atoms with Gasteiger partial charge in [0, 0.05) is 12.1 Å². The number of nitro benzene ring substituents is 1. The monoisotopic (exact) mass is 218 g/mol. The SMILES string of the molecule is Cc1c(CC#N)cc([N+](=O)[O-])cc1C(C)C. The largest absolute Gasteiger partial charge is 0.270 e. The summed E-state index contributed by atoms with van der Waals surface area (Å²) in [6.45, 7) is 5.89. The summed E-state index contributed by atoms with van der Waals surface area (Å²) in [5, 5.41) is 19.4. The van der Waals surface area contributed by atoms with Crippen molar-refractivity contribution >= 4 is 5.69 Å². The first-order valence-electron chi connectivity index (χ1n) is 5.12. The van der Waals surface area contributed by atoms with Crippen molar-refractivity contribution < 1.29 is 4.92 Å². The lowest BCUT2D eigenvalue weighted by Gasteiger charge is -2.12. The fourth-order valence-corrected chi connectivity index (χ4v) is 1.76. The Morgan fingerprint density at radius 3 is 2.56 bits per heavy atom. The van der Waals surface area contributed by atoms with Crippen LogP contribution in [-0.2, 0) is 6.42 Å². The molecule has 0 atom stereocenters. The third-order valence-electron chi connectivity index (χ3n) is 2.64. The van der Waals surface area contributed by atoms with Crippen LogP contribution in [0.2, 0.25) is 0 Å². The van der Waals surface area contributed by atoms with E-state index in [0.29, 0.717) is 0 Å². The first-order valence-corrected chi connectivity index (χ1v) is 5.12. The summed E-state index contributed by atoms with van der Waals surface area (Å²) in [6, 6.07) is 5.12. The minimum atomic E-state index is -0.411. The number of non-ortho nitro benzene ring substituents is 1. The fraction of sp³-hybridized carbons (Fsp3) is 0.417. The molecule has 0 aliphatic rings. The Hall–Kier alpha value is -1.89. The lowest BCUT2D eigenvalue weighted by molar-refractivity contribution is -0.385. The van der Waals surface area contributed by atoms with Gasteiger partial charge < -0.3 is 0 Å². The lowest BCUT2D eigenvalue weighted by Crippen LogP contribution is -2.00. The van der Waals surface area contributed by atoms with Gasteiger partial charge in [0.2, 0.25) is 0 Å². The molecule has 0 fully saturated rings. The maximum atomic E-state index is 10.8. The molecule has 0 aliphatic heterocycles. The molecular formula is C12H14N2O2. The van der Waals surface area contributed by atoms with Gasteiger partial charge in [-0.15, -0.1) is 0 Å². The summed E-state index contributed by atoms with van der Waals surface area (Å²) in [6.07, 6.45) is 0.216. The molecule has 0 saturated carbocycles. The van der Waals surface area contributed by atoms with Crippen LogP contribution < -0.4 is 0 Å². The lowest BCUT2D eigenvalue weighted by atomic mass is 9.92. The van der Waals surface area contributed by atoms with E-state index < -0.39 is 4.92 Å². The van der Waals surface area contributed by atoms with Gasteiger partial charge >= 0.3 is 0 Å². The van der Waals surface area contributed by atoms with Gasteiger partial charge in [0.25, 0.3) is 5.69 Å². The van der Waals surface area contributed by atoms with Crippen LogP contribution >= 0.6 is 0 Å². The van der Waals surface area contributed by atoms with Crippen molar-refractivity contribution in [2.45, 2.75) is 33.1 Å². The number of nitriles is 1. The smallest absolute Gasteiger partial charge is 0.258 e. The van der Waals surface area contributed by atoms with Crippen LogP contribution in [0.5, 0.6) is 0 Å². The molecule has 4 heteroatoms. The van der Waals surface area contributed by atoms with Crippen molar-refractivity contribution in [3.05, 3.63) is 38.9 Å². The zero-order chi connectivity index (χ0) is 12.3. The molecule has 4 nitrogen and oxygen atoms in total. The third-order valence-corrected chi connectivity index (χ3v) is 2.64. The molecule has 0 saturated heterocycles. The molecule has 1 rings (SSSR count). The average molecular weight is 218 g/mol. The Morgan fingerprint density at radius 2 is 2.12 bits per heavy atom. The van der Waals surface area contributed by atoms with E-state index in [-0.39, 0.29) is 18.0 Å². The molecule has 84 valence electrons. The van der Waals surface area contributed by atoms with Crippen LogP contribution in [0, 0.1) is 28.4 Å². The zero-order valence-corrected chi connectivity index (χ0v) is 9.65. The van der Waals surface area contributed by atoms with Crippen molar-refractivity contribution in [3.63, 3.8) is 0 Å². The van der Waals surface area contributed by atoms with E-state index in [2.05, 4.69) is 0 Å². The summed E-state index contributed by atoms with van der Waals surface area (Å²) >= 11 is 0. The number of benzene rings is 1. The Bertz CT molecular complexity index is 459. The normalized spacial score (nSPS) is 10.2. The second kappa shape index (κ2) is 4.75.